The lowest BCUT2D eigenvalue weighted by Crippen LogP contribution is -2.44. The van der Waals surface area contributed by atoms with E-state index in [2.05, 4.69) is 54.5 Å². The van der Waals surface area contributed by atoms with Crippen LogP contribution in [0.1, 0.15) is 107 Å². The Hall–Kier alpha value is -1.44. The minimum Gasteiger partial charge on any atom is -0.299 e. The zero-order valence-electron chi connectivity index (χ0n) is 21.7. The minimum absolute atomic E-state index is 0.101. The number of allylic oxidation sites excluding steroid dienone is 6. The van der Waals surface area contributed by atoms with Gasteiger partial charge in [-0.15, -0.1) is 0 Å². The standard InChI is InChI=1S/C16H26O.C13H20O/c1-11-9-13-7-6-8-15(3,4)14(13)10-16(11,5)12(2)17;1-10-6-5-9-13(3,4)12(10)8-7-11(2)14/h7,11,14H,6,8-10H2,1-5H3;7-8H,5-6,9H2,1-4H3/b;8-7+. The highest BCUT2D eigenvalue weighted by Gasteiger charge is 2.48. The van der Waals surface area contributed by atoms with Crippen LogP contribution in [0.5, 0.6) is 0 Å². The normalized spacial score (nSPS) is 32.0. The van der Waals surface area contributed by atoms with E-state index in [0.29, 0.717) is 23.0 Å². The zero-order chi connectivity index (χ0) is 23.6. The van der Waals surface area contributed by atoms with Gasteiger partial charge in [0, 0.05) is 5.41 Å². The molecule has 3 atom stereocenters. The Kier molecular flexibility index (Phi) is 7.99. The minimum atomic E-state index is -0.101. The number of Topliss-reactive ketones (excluding diaryl/α,β-unsaturated/α-hetero) is 1. The molecular formula is C29H46O2. The molecule has 0 N–H and O–H groups in total. The highest BCUT2D eigenvalue weighted by Crippen LogP contribution is 2.55. The lowest BCUT2D eigenvalue weighted by atomic mass is 9.53. The van der Waals surface area contributed by atoms with Crippen molar-refractivity contribution in [2.24, 2.45) is 28.1 Å². The van der Waals surface area contributed by atoms with E-state index >= 15 is 0 Å². The van der Waals surface area contributed by atoms with Crippen LogP contribution in [-0.4, -0.2) is 11.6 Å². The molecule has 0 amide bonds. The van der Waals surface area contributed by atoms with Crippen LogP contribution in [0.3, 0.4) is 0 Å². The van der Waals surface area contributed by atoms with Crippen molar-refractivity contribution in [2.45, 2.75) is 107 Å². The number of ketones is 2. The van der Waals surface area contributed by atoms with Gasteiger partial charge in [-0.25, -0.2) is 0 Å². The van der Waals surface area contributed by atoms with E-state index in [-0.39, 0.29) is 16.6 Å². The third-order valence-electron chi connectivity index (χ3n) is 8.68. The molecule has 3 rings (SSSR count). The quantitative estimate of drug-likeness (QED) is 0.338. The summed E-state index contributed by atoms with van der Waals surface area (Å²) in [6.07, 6.45) is 14.5. The second kappa shape index (κ2) is 9.59. The van der Waals surface area contributed by atoms with Crippen molar-refractivity contribution in [1.82, 2.24) is 0 Å². The summed E-state index contributed by atoms with van der Waals surface area (Å²) in [7, 11) is 0. The molecular weight excluding hydrogens is 380 g/mol. The number of rotatable bonds is 3. The van der Waals surface area contributed by atoms with Crippen LogP contribution in [0.4, 0.5) is 0 Å². The van der Waals surface area contributed by atoms with E-state index in [0.717, 1.165) is 12.8 Å². The average molecular weight is 427 g/mol. The van der Waals surface area contributed by atoms with Crippen molar-refractivity contribution < 1.29 is 9.59 Å². The number of hydrogen-bond acceptors (Lipinski definition) is 2. The lowest BCUT2D eigenvalue weighted by Gasteiger charge is -2.50. The Morgan fingerprint density at radius 1 is 1.06 bits per heavy atom. The van der Waals surface area contributed by atoms with E-state index in [1.807, 2.05) is 6.08 Å². The summed E-state index contributed by atoms with van der Waals surface area (Å²) in [5.74, 6) is 1.63. The molecule has 31 heavy (non-hydrogen) atoms. The van der Waals surface area contributed by atoms with Gasteiger partial charge in [0.05, 0.1) is 0 Å². The van der Waals surface area contributed by atoms with Crippen molar-refractivity contribution in [3.63, 3.8) is 0 Å². The molecule has 1 saturated carbocycles. The molecule has 0 saturated heterocycles. The van der Waals surface area contributed by atoms with Gasteiger partial charge in [-0.05, 0) is 100 Å². The van der Waals surface area contributed by atoms with Crippen molar-refractivity contribution in [3.8, 4) is 0 Å². The average Bonchev–Trinajstić information content (AvgIpc) is 2.62. The van der Waals surface area contributed by atoms with Crippen LogP contribution in [-0.2, 0) is 9.59 Å². The molecule has 2 nitrogen and oxygen atoms in total. The van der Waals surface area contributed by atoms with Gasteiger partial charge in [0.1, 0.15) is 5.78 Å². The fourth-order valence-corrected chi connectivity index (χ4v) is 5.99. The van der Waals surface area contributed by atoms with E-state index in [9.17, 15) is 9.59 Å². The summed E-state index contributed by atoms with van der Waals surface area (Å²) in [5.41, 5.74) is 4.96. The van der Waals surface area contributed by atoms with Gasteiger partial charge >= 0.3 is 0 Å². The zero-order valence-corrected chi connectivity index (χ0v) is 21.7. The summed E-state index contributed by atoms with van der Waals surface area (Å²) in [6, 6.07) is 0. The maximum atomic E-state index is 12.0. The summed E-state index contributed by atoms with van der Waals surface area (Å²) in [6.45, 7) is 19.3. The summed E-state index contributed by atoms with van der Waals surface area (Å²) >= 11 is 0. The number of carbonyl (C=O) groups is 2. The first kappa shape index (κ1) is 25.8. The van der Waals surface area contributed by atoms with E-state index < -0.39 is 0 Å². The van der Waals surface area contributed by atoms with E-state index in [4.69, 9.17) is 0 Å². The first-order valence-corrected chi connectivity index (χ1v) is 12.3. The van der Waals surface area contributed by atoms with Crippen LogP contribution in [0.15, 0.2) is 34.9 Å². The topological polar surface area (TPSA) is 34.1 Å². The maximum Gasteiger partial charge on any atom is 0.152 e. The maximum absolute atomic E-state index is 12.0. The molecule has 3 aliphatic carbocycles. The summed E-state index contributed by atoms with van der Waals surface area (Å²) in [5, 5.41) is 0. The Balaban J connectivity index is 0.000000225. The highest BCUT2D eigenvalue weighted by atomic mass is 16.1. The molecule has 0 radical (unpaired) electrons. The second-order valence-corrected chi connectivity index (χ2v) is 12.0. The molecule has 3 unspecified atom stereocenters. The number of carbonyl (C=O) groups excluding carboxylic acids is 2. The lowest BCUT2D eigenvalue weighted by molar-refractivity contribution is -0.131. The van der Waals surface area contributed by atoms with Gasteiger partial charge < -0.3 is 0 Å². The first-order chi connectivity index (χ1) is 14.2. The predicted octanol–water partition coefficient (Wildman–Crippen LogP) is 8.03. The van der Waals surface area contributed by atoms with Gasteiger partial charge in [-0.1, -0.05) is 64.8 Å². The Morgan fingerprint density at radius 3 is 2.26 bits per heavy atom. The van der Waals surface area contributed by atoms with Gasteiger partial charge in [0.15, 0.2) is 5.78 Å². The molecule has 0 aromatic carbocycles. The Bertz CT molecular complexity index is 790. The molecule has 0 aromatic rings. The van der Waals surface area contributed by atoms with Crippen LogP contribution in [0.2, 0.25) is 0 Å². The second-order valence-electron chi connectivity index (χ2n) is 12.0. The monoisotopic (exact) mass is 426 g/mol. The predicted molar refractivity (Wildman–Crippen MR) is 132 cm³/mol. The largest absolute Gasteiger partial charge is 0.299 e. The molecule has 1 fully saturated rings. The Morgan fingerprint density at radius 2 is 1.71 bits per heavy atom. The molecule has 0 spiro atoms. The van der Waals surface area contributed by atoms with Crippen molar-refractivity contribution in [3.05, 3.63) is 34.9 Å². The third kappa shape index (κ3) is 5.88. The van der Waals surface area contributed by atoms with Crippen LogP contribution >= 0.6 is 0 Å². The van der Waals surface area contributed by atoms with Crippen molar-refractivity contribution >= 4 is 11.6 Å². The van der Waals surface area contributed by atoms with Gasteiger partial charge in [-0.3, -0.25) is 9.59 Å². The molecule has 0 aromatic heterocycles. The van der Waals surface area contributed by atoms with Crippen molar-refractivity contribution in [1.29, 1.82) is 0 Å². The summed E-state index contributed by atoms with van der Waals surface area (Å²) < 4.78 is 0. The smallest absolute Gasteiger partial charge is 0.152 e. The summed E-state index contributed by atoms with van der Waals surface area (Å²) in [4.78, 5) is 22.9. The van der Waals surface area contributed by atoms with Crippen molar-refractivity contribution in [2.75, 3.05) is 0 Å². The molecule has 3 aliphatic rings. The fraction of sp³-hybridized carbons (Fsp3) is 0.724. The van der Waals surface area contributed by atoms with Crippen LogP contribution < -0.4 is 0 Å². The third-order valence-corrected chi connectivity index (χ3v) is 8.68. The fourth-order valence-electron chi connectivity index (χ4n) is 5.99. The number of fused-ring (bicyclic) bond motifs is 1. The molecule has 174 valence electrons. The van der Waals surface area contributed by atoms with Gasteiger partial charge in [0.2, 0.25) is 0 Å². The van der Waals surface area contributed by atoms with E-state index in [1.54, 1.807) is 25.5 Å². The highest BCUT2D eigenvalue weighted by molar-refractivity contribution is 5.87. The molecule has 0 aliphatic heterocycles. The van der Waals surface area contributed by atoms with Gasteiger partial charge in [0.25, 0.3) is 0 Å². The molecule has 2 heteroatoms. The van der Waals surface area contributed by atoms with Gasteiger partial charge in [-0.2, -0.15) is 0 Å². The SMILES string of the molecule is CC(=O)/C=C/C1=C(C)CCCC1(C)C.CC(=O)C1(C)CC2C(=CCCC2(C)C)CC1C. The Labute approximate surface area is 191 Å². The first-order valence-electron chi connectivity index (χ1n) is 12.3. The molecule has 0 heterocycles. The molecule has 0 bridgehead atoms. The van der Waals surface area contributed by atoms with Crippen LogP contribution in [0, 0.1) is 28.1 Å². The van der Waals surface area contributed by atoms with Crippen LogP contribution in [0.25, 0.3) is 0 Å². The van der Waals surface area contributed by atoms with E-state index in [1.165, 1.54) is 43.3 Å². The number of hydrogen-bond donors (Lipinski definition) is 0.